The molecule has 7 nitrogen and oxygen atoms in total. The molecular weight excluding hydrogens is 299 g/mol. The van der Waals surface area contributed by atoms with Crippen molar-refractivity contribution in [2.24, 2.45) is 0 Å². The van der Waals surface area contributed by atoms with Crippen molar-refractivity contribution in [2.45, 2.75) is 26.1 Å². The molecule has 0 aromatic heterocycles. The van der Waals surface area contributed by atoms with E-state index in [1.165, 1.54) is 0 Å². The molecule has 0 saturated carbocycles. The molecule has 0 spiro atoms. The van der Waals surface area contributed by atoms with Gasteiger partial charge in [0.2, 0.25) is 0 Å². The van der Waals surface area contributed by atoms with Gasteiger partial charge in [0.05, 0.1) is 24.9 Å². The minimum atomic E-state index is -4.50. The molecule has 0 bridgehead atoms. The third kappa shape index (κ3) is 7.94. The normalized spacial score (nSPS) is 14.5. The van der Waals surface area contributed by atoms with Gasteiger partial charge in [-0.05, 0) is 26.0 Å². The Balaban J connectivity index is 2.29. The van der Waals surface area contributed by atoms with E-state index >= 15 is 0 Å². The highest BCUT2D eigenvalue weighted by Crippen LogP contribution is 2.35. The van der Waals surface area contributed by atoms with Gasteiger partial charge in [0.25, 0.3) is 0 Å². The van der Waals surface area contributed by atoms with E-state index in [-0.39, 0.29) is 13.2 Å². The van der Waals surface area contributed by atoms with Gasteiger partial charge in [0, 0.05) is 0 Å². The molecule has 0 heterocycles. The van der Waals surface area contributed by atoms with Crippen LogP contribution in [0.1, 0.15) is 24.2 Å². The molecule has 0 radical (unpaired) electrons. The average molecular weight is 318 g/mol. The summed E-state index contributed by atoms with van der Waals surface area (Å²) in [5.41, 5.74) is 0.447. The molecule has 2 N–H and O–H groups in total. The van der Waals surface area contributed by atoms with Gasteiger partial charge >= 0.3 is 13.8 Å². The fourth-order valence-corrected chi connectivity index (χ4v) is 1.81. The second-order valence-electron chi connectivity index (χ2n) is 4.51. The van der Waals surface area contributed by atoms with Gasteiger partial charge in [0.1, 0.15) is 6.10 Å². The van der Waals surface area contributed by atoms with Gasteiger partial charge < -0.3 is 19.3 Å². The van der Waals surface area contributed by atoms with Crippen LogP contribution in [0.2, 0.25) is 0 Å². The van der Waals surface area contributed by atoms with Gasteiger partial charge in [-0.3, -0.25) is 4.52 Å². The number of esters is 1. The first-order valence-corrected chi connectivity index (χ1v) is 7.88. The van der Waals surface area contributed by atoms with E-state index in [9.17, 15) is 9.36 Å². The lowest BCUT2D eigenvalue weighted by Crippen LogP contribution is -2.25. The monoisotopic (exact) mass is 318 g/mol. The molecule has 8 heteroatoms. The number of carbonyl (C=O) groups excluding carboxylic acids is 1. The Morgan fingerprint density at radius 3 is 2.33 bits per heavy atom. The second-order valence-corrected chi connectivity index (χ2v) is 5.75. The van der Waals surface area contributed by atoms with Gasteiger partial charge in [-0.15, -0.1) is 0 Å². The first-order valence-electron chi connectivity index (χ1n) is 6.35. The Labute approximate surface area is 123 Å². The quantitative estimate of drug-likeness (QED) is 0.556. The molecule has 118 valence electrons. The molecule has 0 aliphatic heterocycles. The molecule has 1 rings (SSSR count). The summed E-state index contributed by atoms with van der Waals surface area (Å²) < 4.78 is 25.3. The van der Waals surface area contributed by atoms with E-state index in [0.717, 1.165) is 0 Å². The van der Waals surface area contributed by atoms with E-state index in [0.29, 0.717) is 5.56 Å². The van der Waals surface area contributed by atoms with Crippen LogP contribution < -0.4 is 0 Å². The van der Waals surface area contributed by atoms with Crippen LogP contribution in [-0.2, 0) is 18.6 Å². The lowest BCUT2D eigenvalue weighted by atomic mass is 10.2. The molecule has 0 saturated heterocycles. The Hall–Kier alpha value is -1.24. The zero-order chi connectivity index (χ0) is 15.9. The van der Waals surface area contributed by atoms with Crippen molar-refractivity contribution in [1.29, 1.82) is 0 Å². The number of carbonyl (C=O) groups is 1. The van der Waals surface area contributed by atoms with Crippen LogP contribution >= 0.6 is 7.82 Å². The Bertz CT molecular complexity index is 485. The van der Waals surface area contributed by atoms with Gasteiger partial charge in [-0.2, -0.15) is 0 Å². The number of hydrogen-bond donors (Lipinski definition) is 2. The summed E-state index contributed by atoms with van der Waals surface area (Å²) in [5.74, 6) is -0.453. The molecule has 0 amide bonds. The van der Waals surface area contributed by atoms with Crippen molar-refractivity contribution < 1.29 is 33.1 Å². The predicted octanol–water partition coefficient (Wildman–Crippen LogP) is 1.75. The average Bonchev–Trinajstić information content (AvgIpc) is 2.43. The van der Waals surface area contributed by atoms with E-state index < -0.39 is 26.0 Å². The molecule has 2 unspecified atom stereocenters. The number of ether oxygens (including phenoxy) is 2. The summed E-state index contributed by atoms with van der Waals surface area (Å²) in [6.07, 6.45) is -1.02. The number of hydrogen-bond acceptors (Lipinski definition) is 5. The zero-order valence-corrected chi connectivity index (χ0v) is 12.7. The fourth-order valence-electron chi connectivity index (χ4n) is 1.41. The summed E-state index contributed by atoms with van der Waals surface area (Å²) in [6, 6.07) is 8.56. The van der Waals surface area contributed by atoms with Crippen LogP contribution in [0.5, 0.6) is 0 Å². The van der Waals surface area contributed by atoms with Gasteiger partial charge in [0.15, 0.2) is 0 Å². The second kappa shape index (κ2) is 8.26. The molecule has 0 fully saturated rings. The fraction of sp³-hybridized carbons (Fsp3) is 0.462. The lowest BCUT2D eigenvalue weighted by molar-refractivity contribution is -0.0315. The zero-order valence-electron chi connectivity index (χ0n) is 11.8. The van der Waals surface area contributed by atoms with Crippen LogP contribution in [0.25, 0.3) is 0 Å². The maximum Gasteiger partial charge on any atom is 0.469 e. The van der Waals surface area contributed by atoms with Crippen molar-refractivity contribution in [2.75, 3.05) is 13.2 Å². The maximum absolute atomic E-state index is 11.8. The number of benzene rings is 1. The highest BCUT2D eigenvalue weighted by Gasteiger charge is 2.17. The molecule has 21 heavy (non-hydrogen) atoms. The molecule has 1 aromatic rings. The first kappa shape index (κ1) is 17.8. The Morgan fingerprint density at radius 2 is 1.76 bits per heavy atom. The van der Waals surface area contributed by atoms with Gasteiger partial charge in [-0.25, -0.2) is 9.36 Å². The number of phosphoric acid groups is 1. The molecule has 2 atom stereocenters. The SMILES string of the molecule is CC(COP(=O)(O)O)OCC(C)OC(=O)c1ccccc1. The van der Waals surface area contributed by atoms with Crippen molar-refractivity contribution in [3.05, 3.63) is 35.9 Å². The Kier molecular flexibility index (Phi) is 7.01. The van der Waals surface area contributed by atoms with Gasteiger partial charge in [-0.1, -0.05) is 18.2 Å². The molecule has 1 aromatic carbocycles. The summed E-state index contributed by atoms with van der Waals surface area (Å²) in [5, 5.41) is 0. The van der Waals surface area contributed by atoms with Crippen LogP contribution in [0.4, 0.5) is 0 Å². The van der Waals surface area contributed by atoms with E-state index in [2.05, 4.69) is 4.52 Å². The summed E-state index contributed by atoms with van der Waals surface area (Å²) >= 11 is 0. The topological polar surface area (TPSA) is 102 Å². The van der Waals surface area contributed by atoms with Crippen LogP contribution in [-0.4, -0.2) is 41.2 Å². The van der Waals surface area contributed by atoms with Crippen molar-refractivity contribution >= 4 is 13.8 Å². The molecule has 0 aliphatic carbocycles. The Morgan fingerprint density at radius 1 is 1.14 bits per heavy atom. The lowest BCUT2D eigenvalue weighted by Gasteiger charge is -2.18. The van der Waals surface area contributed by atoms with E-state index in [1.807, 2.05) is 0 Å². The minimum absolute atomic E-state index is 0.101. The van der Waals surface area contributed by atoms with Crippen molar-refractivity contribution in [1.82, 2.24) is 0 Å². The third-order valence-electron chi connectivity index (χ3n) is 2.41. The van der Waals surface area contributed by atoms with E-state index in [1.54, 1.807) is 44.2 Å². The minimum Gasteiger partial charge on any atom is -0.457 e. The number of rotatable bonds is 8. The summed E-state index contributed by atoms with van der Waals surface area (Å²) in [7, 11) is -4.50. The van der Waals surface area contributed by atoms with Crippen LogP contribution in [0.15, 0.2) is 30.3 Å². The van der Waals surface area contributed by atoms with Crippen molar-refractivity contribution in [3.8, 4) is 0 Å². The highest BCUT2D eigenvalue weighted by atomic mass is 31.2. The summed E-state index contributed by atoms with van der Waals surface area (Å²) in [6.45, 7) is 3.12. The van der Waals surface area contributed by atoms with Crippen molar-refractivity contribution in [3.63, 3.8) is 0 Å². The van der Waals surface area contributed by atoms with E-state index in [4.69, 9.17) is 19.3 Å². The highest BCUT2D eigenvalue weighted by molar-refractivity contribution is 7.46. The predicted molar refractivity (Wildman–Crippen MR) is 74.7 cm³/mol. The largest absolute Gasteiger partial charge is 0.469 e. The molecule has 0 aliphatic rings. The smallest absolute Gasteiger partial charge is 0.457 e. The third-order valence-corrected chi connectivity index (χ3v) is 2.90. The summed E-state index contributed by atoms with van der Waals surface area (Å²) in [4.78, 5) is 28.9. The number of phosphoric ester groups is 1. The first-order chi connectivity index (χ1) is 9.78. The standard InChI is InChI=1S/C13H19O7P/c1-10(9-19-21(15,16)17)18-8-11(2)20-13(14)12-6-4-3-5-7-12/h3-7,10-11H,8-9H2,1-2H3,(H2,15,16,17). The maximum atomic E-state index is 11.8. The molecular formula is C13H19O7P. The van der Waals surface area contributed by atoms with Crippen LogP contribution in [0.3, 0.4) is 0 Å². The van der Waals surface area contributed by atoms with Crippen LogP contribution in [0, 0.1) is 0 Å².